The Hall–Kier alpha value is -2.62. The number of carbonyl (C=O) groups is 1. The van der Waals surface area contributed by atoms with E-state index in [2.05, 4.69) is 4.99 Å². The highest BCUT2D eigenvalue weighted by molar-refractivity contribution is 6.23. The molecule has 1 saturated heterocycles. The first kappa shape index (κ1) is 14.0. The minimum Gasteiger partial charge on any atom is -0.497 e. The van der Waals surface area contributed by atoms with Gasteiger partial charge in [-0.25, -0.2) is 0 Å². The van der Waals surface area contributed by atoms with Crippen molar-refractivity contribution in [3.05, 3.63) is 54.1 Å². The molecule has 1 atom stereocenters. The fraction of sp³-hybridized carbons (Fsp3) is 0.263. The second-order valence-corrected chi connectivity index (χ2v) is 6.02. The predicted molar refractivity (Wildman–Crippen MR) is 90.9 cm³/mol. The molecule has 1 fully saturated rings. The van der Waals surface area contributed by atoms with E-state index in [1.165, 1.54) is 0 Å². The predicted octanol–water partition coefficient (Wildman–Crippen LogP) is 3.48. The summed E-state index contributed by atoms with van der Waals surface area (Å²) in [6, 6.07) is 15.6. The van der Waals surface area contributed by atoms with Crippen LogP contribution in [0.15, 0.2) is 53.5 Å². The summed E-state index contributed by atoms with van der Waals surface area (Å²) in [5.74, 6) is 0.910. The molecule has 4 nitrogen and oxygen atoms in total. The molecule has 2 aromatic rings. The van der Waals surface area contributed by atoms with Gasteiger partial charge in [0.15, 0.2) is 0 Å². The number of methoxy groups -OCH3 is 1. The van der Waals surface area contributed by atoms with Gasteiger partial charge in [-0.1, -0.05) is 18.2 Å². The van der Waals surface area contributed by atoms with Gasteiger partial charge in [0.1, 0.15) is 11.2 Å². The molecular formula is C19H18N2O2. The van der Waals surface area contributed by atoms with Crippen LogP contribution in [-0.4, -0.2) is 25.3 Å². The number of fused-ring (bicyclic) bond motifs is 2. The number of aliphatic imine (C=N–C) groups is 1. The lowest BCUT2D eigenvalue weighted by Gasteiger charge is -2.25. The number of carbonyl (C=O) groups excluding carboxylic acids is 1. The van der Waals surface area contributed by atoms with Crippen molar-refractivity contribution in [2.24, 2.45) is 4.99 Å². The highest BCUT2D eigenvalue weighted by Crippen LogP contribution is 2.47. The van der Waals surface area contributed by atoms with Crippen LogP contribution < -0.4 is 9.64 Å². The van der Waals surface area contributed by atoms with Crippen LogP contribution in [0.1, 0.15) is 18.9 Å². The van der Waals surface area contributed by atoms with Gasteiger partial charge in [-0.2, -0.15) is 0 Å². The van der Waals surface area contributed by atoms with Crippen LogP contribution in [-0.2, 0) is 10.2 Å². The molecule has 1 amide bonds. The zero-order valence-electron chi connectivity index (χ0n) is 13.2. The Kier molecular flexibility index (Phi) is 3.01. The molecule has 4 heteroatoms. The van der Waals surface area contributed by atoms with Crippen molar-refractivity contribution in [2.45, 2.75) is 18.8 Å². The number of rotatable bonds is 2. The summed E-state index contributed by atoms with van der Waals surface area (Å²) >= 11 is 0. The molecule has 0 aliphatic carbocycles. The van der Waals surface area contributed by atoms with E-state index >= 15 is 0 Å². The average Bonchev–Trinajstić information content (AvgIpc) is 3.08. The van der Waals surface area contributed by atoms with Crippen molar-refractivity contribution in [3.8, 4) is 5.75 Å². The molecule has 116 valence electrons. The molecular weight excluding hydrogens is 288 g/mol. The molecule has 0 radical (unpaired) electrons. The smallest absolute Gasteiger partial charge is 0.243 e. The van der Waals surface area contributed by atoms with Crippen LogP contribution in [0.4, 0.5) is 11.4 Å². The molecule has 2 aliphatic heterocycles. The Labute approximate surface area is 135 Å². The Balaban J connectivity index is 1.74. The van der Waals surface area contributed by atoms with Gasteiger partial charge in [0.25, 0.3) is 0 Å². The summed E-state index contributed by atoms with van der Waals surface area (Å²) in [6.07, 6.45) is 0.768. The van der Waals surface area contributed by atoms with Gasteiger partial charge in [0, 0.05) is 17.9 Å². The van der Waals surface area contributed by atoms with E-state index in [0.29, 0.717) is 6.54 Å². The normalized spacial score (nSPS) is 22.4. The maximum atomic E-state index is 13.3. The fourth-order valence-corrected chi connectivity index (χ4v) is 3.72. The van der Waals surface area contributed by atoms with E-state index < -0.39 is 5.41 Å². The van der Waals surface area contributed by atoms with Gasteiger partial charge in [0.2, 0.25) is 5.91 Å². The SMILES string of the molecule is COc1ccc(N2CCC3(C2=O)C(C)=Nc2ccccc23)cc1. The Morgan fingerprint density at radius 2 is 1.87 bits per heavy atom. The number of hydrogen-bond acceptors (Lipinski definition) is 3. The summed E-state index contributed by atoms with van der Waals surface area (Å²) < 4.78 is 5.19. The van der Waals surface area contributed by atoms with Crippen molar-refractivity contribution in [1.29, 1.82) is 0 Å². The van der Waals surface area contributed by atoms with Gasteiger partial charge < -0.3 is 9.64 Å². The minimum atomic E-state index is -0.587. The Morgan fingerprint density at radius 1 is 1.13 bits per heavy atom. The number of anilines is 1. The molecule has 0 bridgehead atoms. The van der Waals surface area contributed by atoms with Crippen LogP contribution in [0, 0.1) is 0 Å². The van der Waals surface area contributed by atoms with E-state index in [1.807, 2.05) is 60.4 Å². The number of amides is 1. The second kappa shape index (κ2) is 4.95. The first-order valence-electron chi connectivity index (χ1n) is 7.78. The van der Waals surface area contributed by atoms with Gasteiger partial charge in [-0.3, -0.25) is 9.79 Å². The molecule has 4 rings (SSSR count). The molecule has 0 N–H and O–H groups in total. The minimum absolute atomic E-state index is 0.119. The fourth-order valence-electron chi connectivity index (χ4n) is 3.72. The van der Waals surface area contributed by atoms with Crippen molar-refractivity contribution >= 4 is 23.0 Å². The number of ether oxygens (including phenoxy) is 1. The maximum absolute atomic E-state index is 13.3. The topological polar surface area (TPSA) is 41.9 Å². The summed E-state index contributed by atoms with van der Waals surface area (Å²) in [5.41, 5.74) is 3.19. The van der Waals surface area contributed by atoms with Gasteiger partial charge in [0.05, 0.1) is 12.8 Å². The third-order valence-electron chi connectivity index (χ3n) is 4.97. The summed E-state index contributed by atoms with van der Waals surface area (Å²) in [5, 5.41) is 0. The van der Waals surface area contributed by atoms with Crippen LogP contribution in [0.2, 0.25) is 0 Å². The van der Waals surface area contributed by atoms with Crippen molar-refractivity contribution in [3.63, 3.8) is 0 Å². The van der Waals surface area contributed by atoms with Gasteiger partial charge >= 0.3 is 0 Å². The van der Waals surface area contributed by atoms with Crippen molar-refractivity contribution in [2.75, 3.05) is 18.6 Å². The van der Waals surface area contributed by atoms with Crippen molar-refractivity contribution < 1.29 is 9.53 Å². The number of nitrogens with zero attached hydrogens (tertiary/aromatic N) is 2. The Morgan fingerprint density at radius 3 is 2.61 bits per heavy atom. The molecule has 2 aliphatic rings. The first-order chi connectivity index (χ1) is 11.2. The van der Waals surface area contributed by atoms with Gasteiger partial charge in [-0.05, 0) is 49.2 Å². The van der Waals surface area contributed by atoms with E-state index in [-0.39, 0.29) is 5.91 Å². The van der Waals surface area contributed by atoms with E-state index in [4.69, 9.17) is 4.74 Å². The third kappa shape index (κ3) is 1.84. The average molecular weight is 306 g/mol. The number of para-hydroxylation sites is 1. The first-order valence-corrected chi connectivity index (χ1v) is 7.78. The molecule has 2 aromatic carbocycles. The standard InChI is InChI=1S/C19H18N2O2/c1-13-19(16-5-3-4-6-17(16)20-13)11-12-21(18(19)22)14-7-9-15(23-2)10-8-14/h3-10H,11-12H2,1-2H3. The van der Waals surface area contributed by atoms with Crippen LogP contribution in [0.25, 0.3) is 0 Å². The quantitative estimate of drug-likeness (QED) is 0.852. The van der Waals surface area contributed by atoms with Crippen LogP contribution in [0.3, 0.4) is 0 Å². The maximum Gasteiger partial charge on any atom is 0.243 e. The molecule has 1 spiro atoms. The van der Waals surface area contributed by atoms with E-state index in [1.54, 1.807) is 7.11 Å². The lowest BCUT2D eigenvalue weighted by Crippen LogP contribution is -2.41. The highest BCUT2D eigenvalue weighted by Gasteiger charge is 2.53. The zero-order chi connectivity index (χ0) is 16.0. The third-order valence-corrected chi connectivity index (χ3v) is 4.97. The lowest BCUT2D eigenvalue weighted by atomic mass is 9.76. The molecule has 2 heterocycles. The molecule has 23 heavy (non-hydrogen) atoms. The van der Waals surface area contributed by atoms with E-state index in [9.17, 15) is 4.79 Å². The van der Waals surface area contributed by atoms with E-state index in [0.717, 1.165) is 34.8 Å². The molecule has 0 saturated carbocycles. The van der Waals surface area contributed by atoms with Crippen LogP contribution >= 0.6 is 0 Å². The summed E-state index contributed by atoms with van der Waals surface area (Å²) in [7, 11) is 1.64. The second-order valence-electron chi connectivity index (χ2n) is 6.02. The number of benzene rings is 2. The van der Waals surface area contributed by atoms with Crippen molar-refractivity contribution in [1.82, 2.24) is 0 Å². The van der Waals surface area contributed by atoms with Gasteiger partial charge in [-0.15, -0.1) is 0 Å². The summed E-state index contributed by atoms with van der Waals surface area (Å²) in [4.78, 5) is 19.8. The monoisotopic (exact) mass is 306 g/mol. The zero-order valence-corrected chi connectivity index (χ0v) is 13.2. The Bertz CT molecular complexity index is 810. The number of hydrogen-bond donors (Lipinski definition) is 0. The highest BCUT2D eigenvalue weighted by atomic mass is 16.5. The largest absolute Gasteiger partial charge is 0.497 e. The molecule has 0 aromatic heterocycles. The van der Waals surface area contributed by atoms with Crippen LogP contribution in [0.5, 0.6) is 5.75 Å². The lowest BCUT2D eigenvalue weighted by molar-refractivity contribution is -0.119. The molecule has 1 unspecified atom stereocenters. The summed E-state index contributed by atoms with van der Waals surface area (Å²) in [6.45, 7) is 2.67.